The van der Waals surface area contributed by atoms with E-state index in [1.807, 2.05) is 0 Å². The van der Waals surface area contributed by atoms with Gasteiger partial charge < -0.3 is 20.1 Å². The predicted octanol–water partition coefficient (Wildman–Crippen LogP) is 12.5. The van der Waals surface area contributed by atoms with Crippen molar-refractivity contribution >= 4 is 13.8 Å². The fourth-order valence-corrected chi connectivity index (χ4v) is 7.12. The molecule has 2 unspecified atom stereocenters. The quantitative estimate of drug-likeness (QED) is 0.0362. The van der Waals surface area contributed by atoms with Crippen LogP contribution in [-0.4, -0.2) is 49.9 Å². The number of hydrogen-bond donors (Lipinski definition) is 2. The van der Waals surface area contributed by atoms with Gasteiger partial charge in [0.2, 0.25) is 0 Å². The van der Waals surface area contributed by atoms with E-state index < -0.39 is 13.9 Å². The molecule has 300 valence electrons. The Morgan fingerprint density at radius 3 is 1.26 bits per heavy atom. The van der Waals surface area contributed by atoms with Gasteiger partial charge in [-0.15, -0.1) is 0 Å². The number of phosphoric ester groups is 1. The summed E-state index contributed by atoms with van der Waals surface area (Å²) in [6.07, 6.45) is 40.4. The van der Waals surface area contributed by atoms with Gasteiger partial charge in [-0.1, -0.05) is 200 Å². The van der Waals surface area contributed by atoms with E-state index in [1.54, 1.807) is 0 Å². The van der Waals surface area contributed by atoms with Crippen LogP contribution in [0.3, 0.4) is 0 Å². The van der Waals surface area contributed by atoms with E-state index in [-0.39, 0.29) is 32.3 Å². The lowest BCUT2D eigenvalue weighted by atomic mass is 10.0. The summed E-state index contributed by atoms with van der Waals surface area (Å²) in [5.74, 6) is -0.338. The van der Waals surface area contributed by atoms with Crippen molar-refractivity contribution in [2.75, 3.05) is 33.0 Å². The lowest BCUT2D eigenvalue weighted by Gasteiger charge is -2.20. The first-order valence-corrected chi connectivity index (χ1v) is 23.0. The molecule has 0 aromatic heterocycles. The second kappa shape index (κ2) is 39.7. The molecule has 0 aromatic carbocycles. The molecule has 0 amide bonds. The minimum Gasteiger partial charge on any atom is -0.457 e. The largest absolute Gasteiger partial charge is 0.472 e. The maximum atomic E-state index is 12.3. The molecule has 0 rings (SSSR count). The first-order chi connectivity index (χ1) is 24.4. The minimum absolute atomic E-state index is 0.0912. The van der Waals surface area contributed by atoms with Gasteiger partial charge in [0.05, 0.1) is 19.8 Å². The molecule has 0 fully saturated rings. The molecule has 50 heavy (non-hydrogen) atoms. The number of unbranched alkanes of at least 4 members (excludes halogenated alkanes) is 29. The van der Waals surface area contributed by atoms with E-state index in [2.05, 4.69) is 13.8 Å². The molecule has 0 aliphatic heterocycles. The van der Waals surface area contributed by atoms with E-state index in [0.717, 1.165) is 44.9 Å². The molecule has 0 saturated heterocycles. The normalized spacial score (nSPS) is 13.4. The molecular weight excluding hydrogens is 649 g/mol. The summed E-state index contributed by atoms with van der Waals surface area (Å²) in [7, 11) is -4.25. The molecule has 0 spiro atoms. The summed E-state index contributed by atoms with van der Waals surface area (Å²) in [5, 5.41) is 0. The SMILES string of the molecule is CCCCCCCCCCCCCCCCCCCCCCCCCCCCOCC(COP(=O)(O)OCCN)OC(=O)CCCCCCC. The molecule has 8 nitrogen and oxygen atoms in total. The Morgan fingerprint density at radius 1 is 0.520 bits per heavy atom. The summed E-state index contributed by atoms with van der Waals surface area (Å²) >= 11 is 0. The van der Waals surface area contributed by atoms with Crippen LogP contribution in [0.25, 0.3) is 0 Å². The number of ether oxygens (including phenoxy) is 2. The molecule has 2 atom stereocenters. The van der Waals surface area contributed by atoms with Gasteiger partial charge in [0, 0.05) is 19.6 Å². The van der Waals surface area contributed by atoms with Crippen LogP contribution >= 0.6 is 7.82 Å². The Kier molecular flexibility index (Phi) is 39.3. The molecule has 9 heteroatoms. The van der Waals surface area contributed by atoms with Crippen LogP contribution < -0.4 is 5.73 Å². The van der Waals surface area contributed by atoms with Crippen LogP contribution in [0.4, 0.5) is 0 Å². The summed E-state index contributed by atoms with van der Waals surface area (Å²) in [6, 6.07) is 0. The number of carbonyl (C=O) groups excluding carboxylic acids is 1. The van der Waals surface area contributed by atoms with Crippen molar-refractivity contribution in [1.29, 1.82) is 0 Å². The van der Waals surface area contributed by atoms with Crippen LogP contribution in [0.5, 0.6) is 0 Å². The van der Waals surface area contributed by atoms with E-state index in [4.69, 9.17) is 24.3 Å². The van der Waals surface area contributed by atoms with E-state index in [1.165, 1.54) is 154 Å². The van der Waals surface area contributed by atoms with Crippen molar-refractivity contribution in [1.82, 2.24) is 0 Å². The average Bonchev–Trinajstić information content (AvgIpc) is 3.10. The standard InChI is InChI=1S/C41H84NO7P/c1-3-5-7-9-10-11-12-13-14-15-16-17-18-19-20-21-22-23-24-25-26-27-28-29-31-33-36-46-38-40(39-48-50(44,45)47-37-35-42)49-41(43)34-32-30-8-6-4-2/h40H,3-39,42H2,1-2H3,(H,44,45). The van der Waals surface area contributed by atoms with Gasteiger partial charge in [-0.2, -0.15) is 0 Å². The van der Waals surface area contributed by atoms with Gasteiger partial charge in [0.15, 0.2) is 0 Å². The van der Waals surface area contributed by atoms with Gasteiger partial charge in [-0.3, -0.25) is 13.8 Å². The van der Waals surface area contributed by atoms with E-state index >= 15 is 0 Å². The second-order valence-corrected chi connectivity index (χ2v) is 16.0. The summed E-state index contributed by atoms with van der Waals surface area (Å²) in [6.45, 7) is 4.88. The number of esters is 1. The Bertz CT molecular complexity index is 742. The van der Waals surface area contributed by atoms with Gasteiger partial charge in [0.25, 0.3) is 0 Å². The number of hydrogen-bond acceptors (Lipinski definition) is 7. The molecule has 0 radical (unpaired) electrons. The number of carbonyl (C=O) groups is 1. The van der Waals surface area contributed by atoms with E-state index in [9.17, 15) is 14.3 Å². The zero-order valence-electron chi connectivity index (χ0n) is 33.2. The minimum atomic E-state index is -4.25. The van der Waals surface area contributed by atoms with Gasteiger partial charge in [-0.25, -0.2) is 4.57 Å². The maximum absolute atomic E-state index is 12.3. The van der Waals surface area contributed by atoms with Gasteiger partial charge >= 0.3 is 13.8 Å². The molecular formula is C41H84NO7P. The van der Waals surface area contributed by atoms with Crippen LogP contribution in [0.1, 0.15) is 219 Å². The first kappa shape index (κ1) is 49.5. The lowest BCUT2D eigenvalue weighted by molar-refractivity contribution is -0.154. The third-order valence-electron chi connectivity index (χ3n) is 9.52. The summed E-state index contributed by atoms with van der Waals surface area (Å²) < 4.78 is 33.1. The van der Waals surface area contributed by atoms with Crippen molar-refractivity contribution in [3.05, 3.63) is 0 Å². The fraction of sp³-hybridized carbons (Fsp3) is 0.976. The topological polar surface area (TPSA) is 117 Å². The smallest absolute Gasteiger partial charge is 0.457 e. The molecule has 0 aliphatic carbocycles. The maximum Gasteiger partial charge on any atom is 0.472 e. The molecule has 0 saturated carbocycles. The van der Waals surface area contributed by atoms with Crippen molar-refractivity contribution < 1.29 is 32.8 Å². The Labute approximate surface area is 310 Å². The zero-order chi connectivity index (χ0) is 36.6. The number of rotatable bonds is 42. The highest BCUT2D eigenvalue weighted by atomic mass is 31.2. The van der Waals surface area contributed by atoms with Crippen LogP contribution in [-0.2, 0) is 27.9 Å². The van der Waals surface area contributed by atoms with Gasteiger partial charge in [-0.05, 0) is 12.8 Å². The third kappa shape index (κ3) is 38.7. The average molecular weight is 734 g/mol. The van der Waals surface area contributed by atoms with Crippen LogP contribution in [0.2, 0.25) is 0 Å². The number of nitrogens with two attached hydrogens (primary N) is 1. The number of phosphoric acid groups is 1. The zero-order valence-corrected chi connectivity index (χ0v) is 34.1. The molecule has 0 bridgehead atoms. The molecule has 0 heterocycles. The highest BCUT2D eigenvalue weighted by Crippen LogP contribution is 2.43. The lowest BCUT2D eigenvalue weighted by Crippen LogP contribution is -2.28. The Balaban J connectivity index is 3.65. The van der Waals surface area contributed by atoms with Crippen molar-refractivity contribution in [2.24, 2.45) is 5.73 Å². The Morgan fingerprint density at radius 2 is 0.880 bits per heavy atom. The van der Waals surface area contributed by atoms with Crippen LogP contribution in [0.15, 0.2) is 0 Å². The highest BCUT2D eigenvalue weighted by Gasteiger charge is 2.25. The predicted molar refractivity (Wildman–Crippen MR) is 211 cm³/mol. The fourth-order valence-electron chi connectivity index (χ4n) is 6.35. The van der Waals surface area contributed by atoms with Crippen LogP contribution in [0, 0.1) is 0 Å². The molecule has 0 aromatic rings. The van der Waals surface area contributed by atoms with Crippen molar-refractivity contribution in [3.63, 3.8) is 0 Å². The summed E-state index contributed by atoms with van der Waals surface area (Å²) in [4.78, 5) is 22.1. The monoisotopic (exact) mass is 734 g/mol. The van der Waals surface area contributed by atoms with E-state index in [0.29, 0.717) is 13.0 Å². The second-order valence-electron chi connectivity index (χ2n) is 14.6. The van der Waals surface area contributed by atoms with Gasteiger partial charge in [0.1, 0.15) is 6.10 Å². The summed E-state index contributed by atoms with van der Waals surface area (Å²) in [5.41, 5.74) is 5.34. The third-order valence-corrected chi connectivity index (χ3v) is 10.5. The first-order valence-electron chi connectivity index (χ1n) is 21.5. The molecule has 3 N–H and O–H groups in total. The Hall–Kier alpha value is -0.500. The van der Waals surface area contributed by atoms with Crippen molar-refractivity contribution in [2.45, 2.75) is 225 Å². The molecule has 0 aliphatic rings. The highest BCUT2D eigenvalue weighted by molar-refractivity contribution is 7.47. The van der Waals surface area contributed by atoms with Crippen molar-refractivity contribution in [3.8, 4) is 0 Å².